The number of hydrogen-bond donors (Lipinski definition) is 1. The van der Waals surface area contributed by atoms with Crippen LogP contribution in [0.2, 0.25) is 0 Å². The van der Waals surface area contributed by atoms with Gasteiger partial charge < -0.3 is 5.32 Å². The van der Waals surface area contributed by atoms with E-state index in [9.17, 15) is 13.2 Å². The van der Waals surface area contributed by atoms with Gasteiger partial charge in [-0.3, -0.25) is 4.79 Å². The topological polar surface area (TPSA) is 63.2 Å². The second-order valence-corrected chi connectivity index (χ2v) is 6.95. The van der Waals surface area contributed by atoms with E-state index in [0.717, 1.165) is 0 Å². The van der Waals surface area contributed by atoms with Crippen LogP contribution in [-0.4, -0.2) is 38.3 Å². The summed E-state index contributed by atoms with van der Waals surface area (Å²) in [5.41, 5.74) is 0. The molecule has 0 saturated carbocycles. The normalized spacial score (nSPS) is 28.9. The van der Waals surface area contributed by atoms with Crippen LogP contribution in [0.15, 0.2) is 0 Å². The van der Waals surface area contributed by atoms with E-state index in [1.165, 1.54) is 0 Å². The first-order valence-corrected chi connectivity index (χ1v) is 6.38. The van der Waals surface area contributed by atoms with Crippen LogP contribution < -0.4 is 5.32 Å². The molecule has 82 valence electrons. The Kier molecular flexibility index (Phi) is 3.02. The molecule has 1 fully saturated rings. The maximum Gasteiger partial charge on any atom is 0.156 e. The summed E-state index contributed by atoms with van der Waals surface area (Å²) in [5, 5.41) is 2.77. The summed E-state index contributed by atoms with van der Waals surface area (Å²) in [7, 11) is -1.40. The number of hydrogen-bond acceptors (Lipinski definition) is 4. The van der Waals surface area contributed by atoms with Gasteiger partial charge in [-0.05, 0) is 27.3 Å². The molecule has 4 nitrogen and oxygen atoms in total. The zero-order valence-corrected chi connectivity index (χ0v) is 9.65. The van der Waals surface area contributed by atoms with Gasteiger partial charge in [-0.1, -0.05) is 0 Å². The van der Waals surface area contributed by atoms with Crippen LogP contribution in [0.25, 0.3) is 0 Å². The molecule has 0 radical (unpaired) electrons. The fraction of sp³-hybridized carbons (Fsp3) is 0.889. The van der Waals surface area contributed by atoms with Gasteiger partial charge in [-0.15, -0.1) is 0 Å². The molecule has 1 aliphatic rings. The number of likely N-dealkylation sites (N-methyl/N-ethyl adjacent to an activating group) is 1. The zero-order valence-electron chi connectivity index (χ0n) is 8.83. The number of nitrogens with one attached hydrogen (secondary N) is 1. The Hall–Kier alpha value is -0.420. The van der Waals surface area contributed by atoms with Crippen LogP contribution in [-0.2, 0) is 14.6 Å². The molecule has 1 saturated heterocycles. The Bertz CT molecular complexity index is 332. The summed E-state index contributed by atoms with van der Waals surface area (Å²) < 4.78 is 22.4. The fourth-order valence-electron chi connectivity index (χ4n) is 1.95. The first-order chi connectivity index (χ1) is 6.33. The quantitative estimate of drug-likeness (QED) is 0.725. The van der Waals surface area contributed by atoms with Crippen molar-refractivity contribution in [3.63, 3.8) is 0 Å². The van der Waals surface area contributed by atoms with Gasteiger partial charge in [0.2, 0.25) is 0 Å². The van der Waals surface area contributed by atoms with Crippen molar-refractivity contribution in [1.82, 2.24) is 5.32 Å². The minimum atomic E-state index is -3.09. The predicted octanol–water partition coefficient (Wildman–Crippen LogP) is -0.0118. The Labute approximate surface area is 85.0 Å². The minimum absolute atomic E-state index is 0.00132. The molecule has 14 heavy (non-hydrogen) atoms. The molecule has 1 heterocycles. The third-order valence-electron chi connectivity index (χ3n) is 3.06. The molecule has 5 heteroatoms. The Morgan fingerprint density at radius 1 is 1.50 bits per heavy atom. The molecule has 0 aromatic carbocycles. The fourth-order valence-corrected chi connectivity index (χ4v) is 3.70. The first-order valence-electron chi connectivity index (χ1n) is 4.72. The third-order valence-corrected chi connectivity index (χ3v) is 5.72. The average molecular weight is 219 g/mol. The van der Waals surface area contributed by atoms with Crippen molar-refractivity contribution in [2.75, 3.05) is 19.3 Å². The van der Waals surface area contributed by atoms with E-state index in [4.69, 9.17) is 0 Å². The van der Waals surface area contributed by atoms with E-state index >= 15 is 0 Å². The third kappa shape index (κ3) is 1.70. The molecule has 1 aliphatic heterocycles. The smallest absolute Gasteiger partial charge is 0.156 e. The van der Waals surface area contributed by atoms with Gasteiger partial charge in [0, 0.05) is 5.92 Å². The van der Waals surface area contributed by atoms with Gasteiger partial charge >= 0.3 is 0 Å². The van der Waals surface area contributed by atoms with Gasteiger partial charge in [0.15, 0.2) is 15.6 Å². The molecular formula is C9H17NO3S. The molecule has 0 spiro atoms. The van der Waals surface area contributed by atoms with E-state index in [1.54, 1.807) is 20.9 Å². The number of sulfone groups is 1. The monoisotopic (exact) mass is 219 g/mol. The summed E-state index contributed by atoms with van der Waals surface area (Å²) in [6.07, 6.45) is 0.468. The van der Waals surface area contributed by atoms with Crippen LogP contribution in [0.3, 0.4) is 0 Å². The molecule has 1 unspecified atom stereocenters. The van der Waals surface area contributed by atoms with Gasteiger partial charge in [-0.2, -0.15) is 0 Å². The number of ketones is 1. The molecule has 0 aromatic heterocycles. The summed E-state index contributed by atoms with van der Waals surface area (Å²) in [6.45, 7) is 3.55. The van der Waals surface area contributed by atoms with Crippen molar-refractivity contribution in [3.8, 4) is 0 Å². The lowest BCUT2D eigenvalue weighted by atomic mass is 9.89. The summed E-state index contributed by atoms with van der Waals surface area (Å²) in [5.74, 6) is -0.210. The SMILES string of the molecule is CNCC(=O)C1CCS(=O)(=O)C1(C)C. The van der Waals surface area contributed by atoms with Gasteiger partial charge in [0.25, 0.3) is 0 Å². The van der Waals surface area contributed by atoms with Crippen molar-refractivity contribution >= 4 is 15.6 Å². The average Bonchev–Trinajstić information content (AvgIpc) is 2.23. The highest BCUT2D eigenvalue weighted by atomic mass is 32.2. The van der Waals surface area contributed by atoms with E-state index in [-0.39, 0.29) is 24.0 Å². The number of Topliss-reactive ketones (excluding diaryl/α,β-unsaturated/α-hetero) is 1. The van der Waals surface area contributed by atoms with E-state index in [1.807, 2.05) is 0 Å². The highest BCUT2D eigenvalue weighted by Gasteiger charge is 2.50. The van der Waals surface area contributed by atoms with Crippen molar-refractivity contribution in [2.45, 2.75) is 25.0 Å². The van der Waals surface area contributed by atoms with Gasteiger partial charge in [0.05, 0.1) is 17.0 Å². The standard InChI is InChI=1S/C9H17NO3S/c1-9(2)7(8(11)6-10-3)4-5-14(9,12)13/h7,10H,4-6H2,1-3H3. The Morgan fingerprint density at radius 2 is 2.07 bits per heavy atom. The second-order valence-electron chi connectivity index (χ2n) is 4.26. The van der Waals surface area contributed by atoms with Crippen molar-refractivity contribution in [3.05, 3.63) is 0 Å². The molecule has 0 bridgehead atoms. The highest BCUT2D eigenvalue weighted by Crippen LogP contribution is 2.37. The summed E-state index contributed by atoms with van der Waals surface area (Å²) >= 11 is 0. The molecule has 0 aromatic rings. The molecular weight excluding hydrogens is 202 g/mol. The molecule has 1 atom stereocenters. The van der Waals surface area contributed by atoms with Gasteiger partial charge in [-0.25, -0.2) is 8.42 Å². The zero-order chi connectivity index (χ0) is 11.0. The minimum Gasteiger partial charge on any atom is -0.313 e. The van der Waals surface area contributed by atoms with Crippen LogP contribution >= 0.6 is 0 Å². The lowest BCUT2D eigenvalue weighted by Crippen LogP contribution is -2.40. The van der Waals surface area contributed by atoms with E-state index in [2.05, 4.69) is 5.32 Å². The van der Waals surface area contributed by atoms with Crippen molar-refractivity contribution in [1.29, 1.82) is 0 Å². The highest BCUT2D eigenvalue weighted by molar-refractivity contribution is 7.93. The van der Waals surface area contributed by atoms with Crippen molar-refractivity contribution < 1.29 is 13.2 Å². The second kappa shape index (κ2) is 3.62. The first kappa shape index (κ1) is 11.7. The largest absolute Gasteiger partial charge is 0.313 e. The van der Waals surface area contributed by atoms with Crippen molar-refractivity contribution in [2.24, 2.45) is 5.92 Å². The van der Waals surface area contributed by atoms with Crippen LogP contribution in [0, 0.1) is 5.92 Å². The van der Waals surface area contributed by atoms with E-state index < -0.39 is 14.6 Å². The Morgan fingerprint density at radius 3 is 2.43 bits per heavy atom. The Balaban J connectivity index is 2.90. The maximum absolute atomic E-state index is 11.6. The number of carbonyl (C=O) groups is 1. The van der Waals surface area contributed by atoms with E-state index in [0.29, 0.717) is 6.42 Å². The van der Waals surface area contributed by atoms with Crippen LogP contribution in [0.1, 0.15) is 20.3 Å². The molecule has 1 rings (SSSR count). The number of rotatable bonds is 3. The molecule has 0 amide bonds. The predicted molar refractivity (Wildman–Crippen MR) is 54.9 cm³/mol. The lowest BCUT2D eigenvalue weighted by molar-refractivity contribution is -0.122. The summed E-state index contributed by atoms with van der Waals surface area (Å²) in [4.78, 5) is 11.6. The molecule has 0 aliphatic carbocycles. The summed E-state index contributed by atoms with van der Waals surface area (Å²) in [6, 6.07) is 0. The maximum atomic E-state index is 11.6. The molecule has 1 N–H and O–H groups in total. The van der Waals surface area contributed by atoms with Crippen LogP contribution in [0.5, 0.6) is 0 Å². The number of carbonyl (C=O) groups excluding carboxylic acids is 1. The lowest BCUT2D eigenvalue weighted by Gasteiger charge is -2.24. The van der Waals surface area contributed by atoms with Gasteiger partial charge in [0.1, 0.15) is 0 Å². The van der Waals surface area contributed by atoms with Crippen LogP contribution in [0.4, 0.5) is 0 Å².